The fraction of sp³-hybridized carbons (Fsp3) is 0.304. The summed E-state index contributed by atoms with van der Waals surface area (Å²) in [6, 6.07) is 10.9. The SMILES string of the molecule is Cn1c([O-])c(C(C(=O)c2ccccc2)[n+]2ccc(N3CCOCC3)cc2)c(=O)n(C)c1=O. The van der Waals surface area contributed by atoms with Gasteiger partial charge in [-0.2, -0.15) is 4.57 Å². The van der Waals surface area contributed by atoms with Gasteiger partial charge in [0.25, 0.3) is 11.6 Å². The van der Waals surface area contributed by atoms with E-state index in [-0.39, 0.29) is 5.56 Å². The average Bonchev–Trinajstić information content (AvgIpc) is 2.85. The third kappa shape index (κ3) is 3.82. The molecule has 0 amide bonds. The predicted molar refractivity (Wildman–Crippen MR) is 115 cm³/mol. The molecule has 1 aromatic carbocycles. The van der Waals surface area contributed by atoms with Gasteiger partial charge in [0.05, 0.1) is 13.2 Å². The number of ketones is 1. The summed E-state index contributed by atoms with van der Waals surface area (Å²) in [5, 5.41) is 13.0. The summed E-state index contributed by atoms with van der Waals surface area (Å²) in [5.74, 6) is -1.19. The van der Waals surface area contributed by atoms with E-state index in [2.05, 4.69) is 4.90 Å². The second-order valence-electron chi connectivity index (χ2n) is 7.66. The van der Waals surface area contributed by atoms with Crippen molar-refractivity contribution in [3.05, 3.63) is 86.8 Å². The Hall–Kier alpha value is -3.72. The monoisotopic (exact) mass is 436 g/mol. The number of hydrogen-bond donors (Lipinski definition) is 0. The van der Waals surface area contributed by atoms with E-state index in [4.69, 9.17) is 4.74 Å². The Balaban J connectivity index is 1.86. The maximum Gasteiger partial charge on any atom is 0.329 e. The summed E-state index contributed by atoms with van der Waals surface area (Å²) in [5.41, 5.74) is -0.476. The highest BCUT2D eigenvalue weighted by Crippen LogP contribution is 2.22. The Morgan fingerprint density at radius 1 is 1.00 bits per heavy atom. The second kappa shape index (κ2) is 8.80. The Morgan fingerprint density at radius 3 is 2.25 bits per heavy atom. The van der Waals surface area contributed by atoms with Crippen molar-refractivity contribution >= 4 is 11.5 Å². The van der Waals surface area contributed by atoms with Gasteiger partial charge in [0, 0.05) is 50.6 Å². The number of anilines is 1. The van der Waals surface area contributed by atoms with Crippen LogP contribution in [0.25, 0.3) is 0 Å². The summed E-state index contributed by atoms with van der Waals surface area (Å²) < 4.78 is 8.64. The van der Waals surface area contributed by atoms with Gasteiger partial charge in [-0.1, -0.05) is 30.3 Å². The molecular formula is C23H24N4O5. The van der Waals surface area contributed by atoms with E-state index in [0.717, 1.165) is 27.9 Å². The van der Waals surface area contributed by atoms with E-state index < -0.39 is 29.0 Å². The highest BCUT2D eigenvalue weighted by molar-refractivity contribution is 5.99. The number of rotatable bonds is 5. The number of carbonyl (C=O) groups is 1. The van der Waals surface area contributed by atoms with Crippen LogP contribution in [-0.2, 0) is 18.8 Å². The minimum absolute atomic E-state index is 0.271. The van der Waals surface area contributed by atoms with Crippen molar-refractivity contribution in [3.63, 3.8) is 0 Å². The van der Waals surface area contributed by atoms with E-state index in [0.29, 0.717) is 18.8 Å². The zero-order chi connectivity index (χ0) is 22.8. The molecule has 0 radical (unpaired) electrons. The van der Waals surface area contributed by atoms with Crippen LogP contribution in [0.15, 0.2) is 64.4 Å². The molecule has 3 heterocycles. The van der Waals surface area contributed by atoms with Gasteiger partial charge in [-0.15, -0.1) is 0 Å². The minimum atomic E-state index is -1.21. The normalized spacial score (nSPS) is 14.9. The molecule has 1 aliphatic heterocycles. The third-order valence-corrected chi connectivity index (χ3v) is 5.73. The first-order valence-electron chi connectivity index (χ1n) is 10.3. The van der Waals surface area contributed by atoms with Crippen molar-refractivity contribution in [1.82, 2.24) is 9.13 Å². The zero-order valence-corrected chi connectivity index (χ0v) is 17.9. The van der Waals surface area contributed by atoms with Crippen LogP contribution in [-0.4, -0.2) is 41.2 Å². The van der Waals surface area contributed by atoms with Crippen LogP contribution in [0.1, 0.15) is 22.0 Å². The summed E-state index contributed by atoms with van der Waals surface area (Å²) in [6.07, 6.45) is 3.36. The molecule has 0 saturated carbocycles. The zero-order valence-electron chi connectivity index (χ0n) is 17.9. The first-order chi connectivity index (χ1) is 15.4. The van der Waals surface area contributed by atoms with Crippen LogP contribution < -0.4 is 25.8 Å². The summed E-state index contributed by atoms with van der Waals surface area (Å²) >= 11 is 0. The lowest BCUT2D eigenvalue weighted by Gasteiger charge is -2.28. The van der Waals surface area contributed by atoms with E-state index >= 15 is 0 Å². The van der Waals surface area contributed by atoms with Crippen LogP contribution in [0.2, 0.25) is 0 Å². The van der Waals surface area contributed by atoms with Crippen LogP contribution in [0.4, 0.5) is 5.69 Å². The summed E-state index contributed by atoms with van der Waals surface area (Å²) in [4.78, 5) is 40.9. The Morgan fingerprint density at radius 2 is 1.62 bits per heavy atom. The van der Waals surface area contributed by atoms with Gasteiger partial charge in [-0.3, -0.25) is 14.2 Å². The van der Waals surface area contributed by atoms with Gasteiger partial charge in [-0.05, 0) is 5.88 Å². The number of ether oxygens (including phenoxy) is 1. The Bertz CT molecular complexity index is 1240. The molecule has 1 aliphatic rings. The van der Waals surface area contributed by atoms with Gasteiger partial charge < -0.3 is 19.3 Å². The smallest absolute Gasteiger partial charge is 0.329 e. The largest absolute Gasteiger partial charge is 0.859 e. The van der Waals surface area contributed by atoms with E-state index in [1.807, 2.05) is 12.1 Å². The Labute approximate surface area is 184 Å². The van der Waals surface area contributed by atoms with E-state index in [9.17, 15) is 19.5 Å². The number of Topliss-reactive ketones (excluding diaryl/α,β-unsaturated/α-hetero) is 1. The van der Waals surface area contributed by atoms with Crippen molar-refractivity contribution in [2.24, 2.45) is 14.1 Å². The maximum atomic E-state index is 13.5. The molecule has 1 atom stereocenters. The lowest BCUT2D eigenvalue weighted by molar-refractivity contribution is -0.699. The second-order valence-corrected chi connectivity index (χ2v) is 7.66. The first-order valence-corrected chi connectivity index (χ1v) is 10.3. The van der Waals surface area contributed by atoms with Gasteiger partial charge in [0.15, 0.2) is 12.4 Å². The molecule has 9 heteroatoms. The molecule has 3 aromatic rings. The lowest BCUT2D eigenvalue weighted by atomic mass is 9.98. The van der Waals surface area contributed by atoms with Crippen LogP contribution >= 0.6 is 0 Å². The molecule has 166 valence electrons. The number of morpholine rings is 1. The fourth-order valence-corrected chi connectivity index (χ4v) is 3.90. The highest BCUT2D eigenvalue weighted by atomic mass is 16.5. The molecule has 0 spiro atoms. The predicted octanol–water partition coefficient (Wildman–Crippen LogP) is -0.246. The number of pyridine rings is 1. The molecule has 1 saturated heterocycles. The molecule has 2 aromatic heterocycles. The summed E-state index contributed by atoms with van der Waals surface area (Å²) in [6.45, 7) is 2.78. The average molecular weight is 436 g/mol. The molecular weight excluding hydrogens is 412 g/mol. The molecule has 1 unspecified atom stereocenters. The van der Waals surface area contributed by atoms with E-state index in [1.165, 1.54) is 14.1 Å². The third-order valence-electron chi connectivity index (χ3n) is 5.73. The van der Waals surface area contributed by atoms with E-state index in [1.54, 1.807) is 47.3 Å². The van der Waals surface area contributed by atoms with Gasteiger partial charge in [0.2, 0.25) is 5.78 Å². The first kappa shape index (κ1) is 21.5. The minimum Gasteiger partial charge on any atom is -0.859 e. The Kier molecular flexibility index (Phi) is 5.91. The lowest BCUT2D eigenvalue weighted by Crippen LogP contribution is -2.50. The van der Waals surface area contributed by atoms with Gasteiger partial charge in [-0.25, -0.2) is 4.79 Å². The number of hydrogen-bond acceptors (Lipinski definition) is 6. The van der Waals surface area contributed by atoms with Crippen LogP contribution in [0.5, 0.6) is 5.88 Å². The number of carbonyl (C=O) groups excluding carboxylic acids is 1. The number of nitrogens with zero attached hydrogens (tertiary/aromatic N) is 4. The van der Waals surface area contributed by atoms with Crippen molar-refractivity contribution in [2.75, 3.05) is 31.2 Å². The van der Waals surface area contributed by atoms with Crippen LogP contribution in [0.3, 0.4) is 0 Å². The fourth-order valence-electron chi connectivity index (χ4n) is 3.90. The molecule has 9 nitrogen and oxygen atoms in total. The van der Waals surface area contributed by atoms with Gasteiger partial charge >= 0.3 is 5.69 Å². The molecule has 32 heavy (non-hydrogen) atoms. The molecule has 4 rings (SSSR count). The van der Waals surface area contributed by atoms with Crippen molar-refractivity contribution in [2.45, 2.75) is 6.04 Å². The van der Waals surface area contributed by atoms with Gasteiger partial charge in [0.1, 0.15) is 5.56 Å². The topological polar surface area (TPSA) is 100 Å². The molecule has 0 bridgehead atoms. The molecule has 0 aliphatic carbocycles. The van der Waals surface area contributed by atoms with Crippen molar-refractivity contribution < 1.29 is 19.2 Å². The summed E-state index contributed by atoms with van der Waals surface area (Å²) in [7, 11) is 2.59. The molecule has 1 fully saturated rings. The van der Waals surface area contributed by atoms with Crippen molar-refractivity contribution in [1.29, 1.82) is 0 Å². The highest BCUT2D eigenvalue weighted by Gasteiger charge is 2.35. The van der Waals surface area contributed by atoms with Crippen molar-refractivity contribution in [3.8, 4) is 5.88 Å². The quantitative estimate of drug-likeness (QED) is 0.404. The standard InChI is InChI=1S/C23H24N4O5/c1-24-21(29)18(22(30)25(2)23(24)31)19(20(28)16-6-4-3-5-7-16)27-10-8-17(9-11-27)26-12-14-32-15-13-26/h3-11,19H,12-15H2,1-2H3. The number of benzene rings is 1. The van der Waals surface area contributed by atoms with Crippen LogP contribution in [0, 0.1) is 0 Å². The maximum absolute atomic E-state index is 13.5. The molecule has 0 N–H and O–H groups in total. The number of aromatic nitrogens is 3.